The molecule has 0 bridgehead atoms. The number of fused-ring (bicyclic) bond motifs is 1. The normalized spacial score (nSPS) is 18.1. The van der Waals surface area contributed by atoms with Crippen LogP contribution >= 0.6 is 0 Å². The third kappa shape index (κ3) is 5.98. The van der Waals surface area contributed by atoms with Crippen LogP contribution in [0.2, 0.25) is 0 Å². The summed E-state index contributed by atoms with van der Waals surface area (Å²) in [7, 11) is 0. The molecule has 0 fully saturated rings. The van der Waals surface area contributed by atoms with Gasteiger partial charge in [0.2, 0.25) is 0 Å². The van der Waals surface area contributed by atoms with Gasteiger partial charge in [0.25, 0.3) is 0 Å². The first-order valence-corrected chi connectivity index (χ1v) is 10.9. The zero-order valence-corrected chi connectivity index (χ0v) is 23.1. The van der Waals surface area contributed by atoms with Crippen molar-refractivity contribution in [2.75, 3.05) is 0 Å². The fourth-order valence-electron chi connectivity index (χ4n) is 4.99. The van der Waals surface area contributed by atoms with Crippen molar-refractivity contribution < 1.29 is 51.0 Å². The van der Waals surface area contributed by atoms with Gasteiger partial charge in [-0.3, -0.25) is 0 Å². The van der Waals surface area contributed by atoms with Gasteiger partial charge in [0.05, 0.1) is 0 Å². The van der Waals surface area contributed by atoms with Crippen molar-refractivity contribution in [3.8, 4) is 11.1 Å². The van der Waals surface area contributed by atoms with Gasteiger partial charge in [-0.25, -0.2) is 0 Å². The minimum Gasteiger partial charge on any atom is -1.00 e. The molecule has 163 valence electrons. The minimum absolute atomic E-state index is 0. The second kappa shape index (κ2) is 11.4. The Morgan fingerprint density at radius 3 is 2.29 bits per heavy atom. The number of allylic oxidation sites excluding steroid dienone is 2. The Kier molecular flexibility index (Phi) is 10.4. The zero-order chi connectivity index (χ0) is 19.8. The fraction of sp³-hybridized carbons (Fsp3) is 0.393. The maximum atomic E-state index is 2.47. The predicted octanol–water partition coefficient (Wildman–Crippen LogP) is 2.21. The Hall–Kier alpha value is -0.747. The summed E-state index contributed by atoms with van der Waals surface area (Å²) in [6, 6.07) is 20.6. The molecule has 0 nitrogen and oxygen atoms in total. The molecule has 3 heteroatoms. The van der Waals surface area contributed by atoms with E-state index in [4.69, 9.17) is 0 Å². The van der Waals surface area contributed by atoms with Gasteiger partial charge in [0, 0.05) is 0 Å². The smallest absolute Gasteiger partial charge is 1.00 e. The minimum atomic E-state index is 0. The van der Waals surface area contributed by atoms with Crippen LogP contribution in [-0.4, -0.2) is 0 Å². The molecule has 1 aliphatic rings. The summed E-state index contributed by atoms with van der Waals surface area (Å²) in [4.78, 5) is 0. The molecule has 3 aromatic carbocycles. The molecular formula is C28H33Cl2Zr. The molecule has 0 saturated carbocycles. The Bertz CT molecular complexity index is 1010. The van der Waals surface area contributed by atoms with Crippen molar-refractivity contribution >= 4 is 10.8 Å². The monoisotopic (exact) mass is 529 g/mol. The quantitative estimate of drug-likeness (QED) is 0.358. The van der Waals surface area contributed by atoms with Gasteiger partial charge in [-0.05, 0) is 54.1 Å². The molecule has 3 aromatic rings. The first kappa shape index (κ1) is 28.3. The van der Waals surface area contributed by atoms with E-state index >= 15 is 0 Å². The van der Waals surface area contributed by atoms with Gasteiger partial charge in [-0.2, -0.15) is 6.07 Å². The van der Waals surface area contributed by atoms with E-state index < -0.39 is 0 Å². The summed E-state index contributed by atoms with van der Waals surface area (Å²) in [5, 5.41) is 2.79. The summed E-state index contributed by atoms with van der Waals surface area (Å²) < 4.78 is 0. The molecular weight excluding hydrogens is 498 g/mol. The molecule has 1 unspecified atom stereocenters. The second-order valence-corrected chi connectivity index (χ2v) is 9.71. The van der Waals surface area contributed by atoms with E-state index in [0.717, 1.165) is 0 Å². The third-order valence-corrected chi connectivity index (χ3v) is 6.72. The number of benzene rings is 2. The molecule has 0 N–H and O–H groups in total. The molecule has 0 heterocycles. The van der Waals surface area contributed by atoms with Crippen molar-refractivity contribution in [2.24, 2.45) is 5.41 Å². The average molecular weight is 532 g/mol. The van der Waals surface area contributed by atoms with Crippen LogP contribution in [0.1, 0.15) is 64.5 Å². The molecule has 0 spiro atoms. The van der Waals surface area contributed by atoms with Crippen LogP contribution in [0.15, 0.2) is 66.7 Å². The Morgan fingerprint density at radius 1 is 0.935 bits per heavy atom. The number of rotatable bonds is 4. The Labute approximate surface area is 220 Å². The van der Waals surface area contributed by atoms with Gasteiger partial charge in [0.15, 0.2) is 0 Å². The van der Waals surface area contributed by atoms with Crippen molar-refractivity contribution in [1.82, 2.24) is 0 Å². The summed E-state index contributed by atoms with van der Waals surface area (Å²) in [5.41, 5.74) is 6.27. The van der Waals surface area contributed by atoms with Gasteiger partial charge < -0.3 is 24.8 Å². The van der Waals surface area contributed by atoms with Gasteiger partial charge in [-0.1, -0.05) is 75.7 Å². The van der Waals surface area contributed by atoms with Crippen LogP contribution in [0.3, 0.4) is 0 Å². The SMILES string of the molecule is CCC1(Cc2cc3c(-c4ccccc4C(C)(C)C)cccc3[cH-]2)CC=CCC1.[Cl-].[Cl-].[Zr+3]. The standard InChI is InChI=1S/C28H33.2ClH.Zr/c1-5-28(16-9-6-10-17-28)20-21-18-22-12-11-14-23(25(22)19-21)24-13-7-8-15-26(24)27(2,3)4;;;/h6-9,11-15,18-19H,5,10,16-17,20H2,1-4H3;2*1H;/q-1;;;+3/p-2. The summed E-state index contributed by atoms with van der Waals surface area (Å²) in [6.45, 7) is 9.30. The maximum absolute atomic E-state index is 2.47. The fourth-order valence-corrected chi connectivity index (χ4v) is 4.99. The van der Waals surface area contributed by atoms with Crippen molar-refractivity contribution in [3.63, 3.8) is 0 Å². The Morgan fingerprint density at radius 2 is 1.65 bits per heavy atom. The van der Waals surface area contributed by atoms with Crippen LogP contribution in [-0.2, 0) is 38.0 Å². The molecule has 1 atom stereocenters. The number of hydrogen-bond acceptors (Lipinski definition) is 0. The molecule has 0 aromatic heterocycles. The molecule has 0 amide bonds. The van der Waals surface area contributed by atoms with Crippen LogP contribution in [0.5, 0.6) is 0 Å². The van der Waals surface area contributed by atoms with Crippen LogP contribution < -0.4 is 24.8 Å². The van der Waals surface area contributed by atoms with E-state index in [1.807, 2.05) is 0 Å². The van der Waals surface area contributed by atoms with Gasteiger partial charge in [0.1, 0.15) is 0 Å². The van der Waals surface area contributed by atoms with Crippen LogP contribution in [0, 0.1) is 5.41 Å². The molecule has 1 aliphatic carbocycles. The van der Waals surface area contributed by atoms with E-state index in [9.17, 15) is 0 Å². The summed E-state index contributed by atoms with van der Waals surface area (Å²) in [5.74, 6) is 0. The molecule has 4 rings (SSSR count). The molecule has 0 saturated heterocycles. The van der Waals surface area contributed by atoms with Crippen LogP contribution in [0.25, 0.3) is 21.9 Å². The first-order chi connectivity index (χ1) is 13.4. The van der Waals surface area contributed by atoms with Crippen molar-refractivity contribution in [3.05, 3.63) is 77.9 Å². The largest absolute Gasteiger partial charge is 3.00 e. The maximum Gasteiger partial charge on any atom is 3.00 e. The third-order valence-electron chi connectivity index (χ3n) is 6.72. The summed E-state index contributed by atoms with van der Waals surface area (Å²) in [6.07, 6.45) is 11.0. The van der Waals surface area contributed by atoms with Crippen molar-refractivity contribution in [2.45, 2.75) is 65.2 Å². The van der Waals surface area contributed by atoms with E-state index in [-0.39, 0.29) is 56.4 Å². The average Bonchev–Trinajstić information content (AvgIpc) is 3.10. The van der Waals surface area contributed by atoms with Crippen molar-refractivity contribution in [1.29, 1.82) is 0 Å². The summed E-state index contributed by atoms with van der Waals surface area (Å²) >= 11 is 0. The molecule has 31 heavy (non-hydrogen) atoms. The van der Waals surface area contributed by atoms with E-state index in [1.54, 1.807) is 0 Å². The predicted molar refractivity (Wildman–Crippen MR) is 123 cm³/mol. The van der Waals surface area contributed by atoms with Crippen LogP contribution in [0.4, 0.5) is 0 Å². The number of hydrogen-bond donors (Lipinski definition) is 0. The zero-order valence-electron chi connectivity index (χ0n) is 19.1. The van der Waals surface area contributed by atoms with Gasteiger partial charge >= 0.3 is 26.2 Å². The topological polar surface area (TPSA) is 0 Å². The molecule has 1 radical (unpaired) electrons. The molecule has 0 aliphatic heterocycles. The second-order valence-electron chi connectivity index (χ2n) is 9.71. The van der Waals surface area contributed by atoms with E-state index in [2.05, 4.69) is 94.4 Å². The van der Waals surface area contributed by atoms with E-state index in [0.29, 0.717) is 5.41 Å². The van der Waals surface area contributed by atoms with E-state index in [1.165, 1.54) is 65.1 Å². The number of halogens is 2. The Balaban J connectivity index is 0.00000160. The van der Waals surface area contributed by atoms with Gasteiger partial charge in [-0.15, -0.1) is 34.5 Å². The first-order valence-electron chi connectivity index (χ1n) is 10.9.